The van der Waals surface area contributed by atoms with Crippen molar-refractivity contribution in [2.75, 3.05) is 26.3 Å². The molecule has 2 aliphatic heterocycles. The Bertz CT molecular complexity index is 1590. The summed E-state index contributed by atoms with van der Waals surface area (Å²) in [6, 6.07) is 11.1. The highest BCUT2D eigenvalue weighted by molar-refractivity contribution is 7.99. The van der Waals surface area contributed by atoms with E-state index >= 15 is 0 Å². The molecule has 4 atom stereocenters. The fraction of sp³-hybridized carbons (Fsp3) is 0.529. The number of piperidine rings is 1. The van der Waals surface area contributed by atoms with Crippen molar-refractivity contribution in [2.24, 2.45) is 5.92 Å². The fourth-order valence-corrected chi connectivity index (χ4v) is 9.04. The Labute approximate surface area is 306 Å². The zero-order chi connectivity index (χ0) is 37.2. The van der Waals surface area contributed by atoms with E-state index in [-0.39, 0.29) is 44.5 Å². The van der Waals surface area contributed by atoms with Crippen LogP contribution >= 0.6 is 31.1 Å². The van der Waals surface area contributed by atoms with Gasteiger partial charge in [0.15, 0.2) is 5.85 Å². The minimum atomic E-state index is -4.23. The van der Waals surface area contributed by atoms with Crippen molar-refractivity contribution in [2.45, 2.75) is 82.2 Å². The van der Waals surface area contributed by atoms with Crippen molar-refractivity contribution in [1.82, 2.24) is 20.3 Å². The number of aliphatic hydroxyl groups excluding tert-OH is 1. The van der Waals surface area contributed by atoms with E-state index in [9.17, 15) is 33.2 Å². The molecule has 2 aliphatic rings. The third-order valence-corrected chi connectivity index (χ3v) is 12.3. The van der Waals surface area contributed by atoms with Gasteiger partial charge in [0, 0.05) is 36.5 Å². The third kappa shape index (κ3) is 11.4. The number of hydrogen-bond acceptors (Lipinski definition) is 10. The molecule has 2 aromatic carbocycles. The smallest absolute Gasteiger partial charge is 0.417 e. The van der Waals surface area contributed by atoms with Crippen LogP contribution in [0.1, 0.15) is 57.6 Å². The molecular formula is C34H45ClFN4O9PS. The zero-order valence-corrected chi connectivity index (χ0v) is 31.2. The van der Waals surface area contributed by atoms with Crippen LogP contribution in [0.15, 0.2) is 48.5 Å². The van der Waals surface area contributed by atoms with Crippen molar-refractivity contribution >= 4 is 55.0 Å². The molecule has 13 nitrogen and oxygen atoms in total. The zero-order valence-electron chi connectivity index (χ0n) is 28.8. The van der Waals surface area contributed by atoms with Gasteiger partial charge in [-0.2, -0.15) is 0 Å². The number of rotatable bonds is 16. The second-order valence-electron chi connectivity index (χ2n) is 12.6. The fourth-order valence-electron chi connectivity index (χ4n) is 6.35. The van der Waals surface area contributed by atoms with Crippen molar-refractivity contribution in [3.63, 3.8) is 0 Å². The average Bonchev–Trinajstić information content (AvgIpc) is 3.38. The average molecular weight is 771 g/mol. The Morgan fingerprint density at radius 1 is 1.12 bits per heavy atom. The summed E-state index contributed by atoms with van der Waals surface area (Å²) in [5.74, 6) is -4.13. The van der Waals surface area contributed by atoms with Crippen LogP contribution < -0.4 is 15.4 Å². The number of likely N-dealkylation sites (tertiary alicyclic amines) is 1. The lowest BCUT2D eigenvalue weighted by Gasteiger charge is -2.39. The maximum atomic E-state index is 14.1. The number of carbonyl (C=O) groups is 4. The Balaban J connectivity index is 1.54. The molecule has 0 aliphatic carbocycles. The molecule has 17 heteroatoms. The lowest BCUT2D eigenvalue weighted by Crippen LogP contribution is -2.51. The minimum absolute atomic E-state index is 0.0475. The summed E-state index contributed by atoms with van der Waals surface area (Å²) in [5.41, 5.74) is 0.517. The molecule has 280 valence electrons. The first-order chi connectivity index (χ1) is 24.3. The molecule has 2 saturated heterocycles. The molecule has 4 N–H and O–H groups in total. The van der Waals surface area contributed by atoms with E-state index in [1.165, 1.54) is 25.1 Å². The van der Waals surface area contributed by atoms with Crippen molar-refractivity contribution in [1.29, 1.82) is 0 Å². The number of benzene rings is 2. The molecule has 0 aromatic heterocycles. The first-order valence-corrected chi connectivity index (χ1v) is 19.7. The number of ether oxygens (including phenoxy) is 1. The van der Waals surface area contributed by atoms with Crippen molar-refractivity contribution in [3.05, 3.63) is 70.5 Å². The van der Waals surface area contributed by atoms with Gasteiger partial charge in [0.05, 0.1) is 19.3 Å². The van der Waals surface area contributed by atoms with Gasteiger partial charge in [0.1, 0.15) is 17.7 Å². The maximum absolute atomic E-state index is 14.1. The summed E-state index contributed by atoms with van der Waals surface area (Å²) in [4.78, 5) is 53.6. The summed E-state index contributed by atoms with van der Waals surface area (Å²) in [6.45, 7) is 5.39. The van der Waals surface area contributed by atoms with Crippen LogP contribution in [0.3, 0.4) is 0 Å². The van der Waals surface area contributed by atoms with Gasteiger partial charge in [0.25, 0.3) is 0 Å². The summed E-state index contributed by atoms with van der Waals surface area (Å²) < 4.78 is 46.5. The maximum Gasteiger partial charge on any atom is 0.417 e. The highest BCUT2D eigenvalue weighted by Gasteiger charge is 2.49. The molecule has 2 fully saturated rings. The molecule has 0 saturated carbocycles. The van der Waals surface area contributed by atoms with E-state index in [2.05, 4.69) is 15.4 Å². The van der Waals surface area contributed by atoms with Gasteiger partial charge in [-0.05, 0) is 93.3 Å². The highest BCUT2D eigenvalue weighted by atomic mass is 35.5. The number of halogens is 2. The normalized spacial score (nSPS) is 18.8. The second-order valence-corrected chi connectivity index (χ2v) is 16.1. The molecule has 0 bridgehead atoms. The molecule has 4 rings (SSSR count). The molecular weight excluding hydrogens is 726 g/mol. The summed E-state index contributed by atoms with van der Waals surface area (Å²) in [7, 11) is -4.23. The first kappa shape index (κ1) is 40.6. The van der Waals surface area contributed by atoms with Gasteiger partial charge in [-0.1, -0.05) is 35.9 Å². The van der Waals surface area contributed by atoms with Crippen LogP contribution in [0.4, 0.5) is 9.18 Å². The van der Waals surface area contributed by atoms with Crippen LogP contribution in [-0.2, 0) is 45.8 Å². The van der Waals surface area contributed by atoms with E-state index in [0.29, 0.717) is 60.4 Å². The quantitative estimate of drug-likeness (QED) is 0.135. The molecule has 51 heavy (non-hydrogen) atoms. The topological polar surface area (TPSA) is 173 Å². The summed E-state index contributed by atoms with van der Waals surface area (Å²) >= 11 is 6.72. The number of nitrogens with zero attached hydrogens (tertiary/aromatic N) is 1. The number of amides is 4. The largest absolute Gasteiger partial charge is 0.444 e. The van der Waals surface area contributed by atoms with Gasteiger partial charge < -0.3 is 34.4 Å². The molecule has 0 radical (unpaired) electrons. The van der Waals surface area contributed by atoms with Crippen LogP contribution in [0.2, 0.25) is 5.02 Å². The van der Waals surface area contributed by atoms with E-state index in [1.807, 2.05) is 0 Å². The van der Waals surface area contributed by atoms with Crippen LogP contribution in [-0.4, -0.2) is 82.8 Å². The van der Waals surface area contributed by atoms with E-state index in [4.69, 9.17) is 25.4 Å². The van der Waals surface area contributed by atoms with Gasteiger partial charge in [-0.3, -0.25) is 23.7 Å². The lowest BCUT2D eigenvalue weighted by atomic mass is 9.82. The van der Waals surface area contributed by atoms with Crippen LogP contribution in [0.5, 0.6) is 0 Å². The predicted octanol–water partition coefficient (Wildman–Crippen LogP) is 4.94. The van der Waals surface area contributed by atoms with Gasteiger partial charge in [-0.25, -0.2) is 9.18 Å². The molecule has 2 aromatic rings. The molecule has 3 unspecified atom stereocenters. The van der Waals surface area contributed by atoms with Crippen LogP contribution in [0.25, 0.3) is 0 Å². The van der Waals surface area contributed by atoms with Crippen LogP contribution in [0, 0.1) is 11.7 Å². The monoisotopic (exact) mass is 770 g/mol. The summed E-state index contributed by atoms with van der Waals surface area (Å²) in [6.07, 6.45) is 0.417. The molecule has 1 spiro atoms. The summed E-state index contributed by atoms with van der Waals surface area (Å²) in [5, 5.41) is 16.7. The third-order valence-electron chi connectivity index (χ3n) is 8.88. The first-order valence-electron chi connectivity index (χ1n) is 16.8. The van der Waals surface area contributed by atoms with Crippen molar-refractivity contribution in [3.8, 4) is 0 Å². The number of hydrogen-bond donors (Lipinski definition) is 4. The number of carbonyl (C=O) groups excluding carboxylic acids is 4. The van der Waals surface area contributed by atoms with Crippen molar-refractivity contribution < 1.29 is 47.0 Å². The van der Waals surface area contributed by atoms with Gasteiger partial charge in [-0.15, -0.1) is 0 Å². The highest BCUT2D eigenvalue weighted by Crippen LogP contribution is 2.54. The second kappa shape index (κ2) is 18.5. The minimum Gasteiger partial charge on any atom is -0.444 e. The Kier molecular flexibility index (Phi) is 14.7. The standard InChI is InChI=1S/C34H45ClFN4O9PS/c1-4-48-50(46,49-5-2)32(44)28(19-25-20-34(38-30(25)42)12-14-40(15-13-34)22(3)41)37-31(43)29(18-23-8-7-11-27(36)17-23)51-39-33(45)47-21-24-9-6-10-26(35)16-24/h6-11,16-17,25,28-29,32,44H,4-5,12-15,18-21H2,1-3H3,(H,37,43)(H,38,42)(H,39,45)/t25?,28?,29-,32?/m0/s1. The Morgan fingerprint density at radius 2 is 1.78 bits per heavy atom. The van der Waals surface area contributed by atoms with E-state index in [1.54, 1.807) is 49.1 Å². The Hall–Kier alpha value is -3.20. The number of aliphatic hydroxyl groups is 1. The SMILES string of the molecule is CCOP(=O)(OCC)C(O)C(CC1CC2(CCN(C(C)=O)CC2)NC1=O)NC(=O)[C@H](Cc1cccc(F)c1)SNC(=O)OCc1cccc(Cl)c1. The molecule has 2 heterocycles. The lowest BCUT2D eigenvalue weighted by molar-refractivity contribution is -0.130. The molecule has 4 amide bonds. The predicted molar refractivity (Wildman–Crippen MR) is 190 cm³/mol. The van der Waals surface area contributed by atoms with Gasteiger partial charge >= 0.3 is 13.7 Å². The van der Waals surface area contributed by atoms with E-state index < -0.39 is 54.0 Å². The van der Waals surface area contributed by atoms with E-state index in [0.717, 1.165) is 0 Å². The van der Waals surface area contributed by atoms with Gasteiger partial charge in [0.2, 0.25) is 17.7 Å². The Morgan fingerprint density at radius 3 is 2.41 bits per heavy atom. The number of nitrogens with one attached hydrogen (secondary N) is 3.